The number of ether oxygens (including phenoxy) is 2. The minimum Gasteiger partial charge on any atom is -0.494 e. The normalized spacial score (nSPS) is 16.8. The van der Waals surface area contributed by atoms with E-state index in [1.807, 2.05) is 50.2 Å². The number of nitrogens with one attached hydrogen (secondary N) is 1. The van der Waals surface area contributed by atoms with E-state index in [0.717, 1.165) is 61.3 Å². The Kier molecular flexibility index (Phi) is 8.94. The van der Waals surface area contributed by atoms with Crippen LogP contribution in [0.25, 0.3) is 0 Å². The number of aryl methyl sites for hydroxylation is 2. The molecule has 0 amide bonds. The maximum atomic E-state index is 14.0. The zero-order chi connectivity index (χ0) is 30.8. The molecular weight excluding hydrogens is 559 g/mol. The van der Waals surface area contributed by atoms with Crippen molar-refractivity contribution in [1.82, 2.24) is 14.9 Å². The molecule has 1 saturated heterocycles. The Morgan fingerprint density at radius 3 is 2.51 bits per heavy atom. The number of nitrogens with zero attached hydrogens (tertiary/aromatic N) is 4. The first-order valence-corrected chi connectivity index (χ1v) is 14.5. The van der Waals surface area contributed by atoms with E-state index in [4.69, 9.17) is 9.47 Å². The summed E-state index contributed by atoms with van der Waals surface area (Å²) in [6, 6.07) is 11.4. The molecule has 230 valence electrons. The van der Waals surface area contributed by atoms with E-state index in [1.54, 1.807) is 14.2 Å². The molecule has 5 rings (SSSR count). The molecule has 2 heterocycles. The van der Waals surface area contributed by atoms with E-state index in [9.17, 15) is 18.0 Å². The van der Waals surface area contributed by atoms with Crippen molar-refractivity contribution < 1.29 is 27.4 Å². The summed E-state index contributed by atoms with van der Waals surface area (Å²) < 4.78 is 52.7. The summed E-state index contributed by atoms with van der Waals surface area (Å²) in [4.78, 5) is 25.6. The molecule has 11 heteroatoms. The van der Waals surface area contributed by atoms with Crippen LogP contribution in [0.4, 0.5) is 30.5 Å². The number of anilines is 3. The fourth-order valence-corrected chi connectivity index (χ4v) is 6.05. The van der Waals surface area contributed by atoms with Gasteiger partial charge in [0.25, 0.3) is 0 Å². The van der Waals surface area contributed by atoms with Gasteiger partial charge in [-0.25, -0.2) is 9.97 Å². The van der Waals surface area contributed by atoms with E-state index in [2.05, 4.69) is 25.1 Å². The average molecular weight is 598 g/mol. The van der Waals surface area contributed by atoms with Crippen LogP contribution in [0.1, 0.15) is 41.8 Å². The molecule has 0 radical (unpaired) electrons. The molecule has 1 aliphatic carbocycles. The predicted molar refractivity (Wildman–Crippen MR) is 159 cm³/mol. The molecule has 0 unspecified atom stereocenters. The van der Waals surface area contributed by atoms with Crippen LogP contribution in [0.2, 0.25) is 0 Å². The second-order valence-corrected chi connectivity index (χ2v) is 11.6. The predicted octanol–water partition coefficient (Wildman–Crippen LogP) is 5.20. The highest BCUT2D eigenvalue weighted by atomic mass is 19.4. The van der Waals surface area contributed by atoms with Gasteiger partial charge in [0.1, 0.15) is 11.5 Å². The number of carbonyl (C=O) groups excluding carboxylic acids is 1. The third-order valence-electron chi connectivity index (χ3n) is 8.50. The number of carbonyl (C=O) groups is 1. The Morgan fingerprint density at radius 2 is 1.81 bits per heavy atom. The molecule has 1 N–H and O–H groups in total. The molecule has 1 fully saturated rings. The number of rotatable bonds is 10. The van der Waals surface area contributed by atoms with Gasteiger partial charge in [0.05, 0.1) is 30.7 Å². The quantitative estimate of drug-likeness (QED) is 0.342. The Morgan fingerprint density at radius 1 is 1.05 bits per heavy atom. The topological polar surface area (TPSA) is 79.8 Å². The summed E-state index contributed by atoms with van der Waals surface area (Å²) in [5.41, 5.74) is 2.64. The molecule has 3 aromatic rings. The smallest absolute Gasteiger partial charge is 0.419 e. The number of alkyl halides is 3. The number of hydrogen-bond donors (Lipinski definition) is 1. The van der Waals surface area contributed by atoms with Gasteiger partial charge in [0.2, 0.25) is 5.95 Å². The van der Waals surface area contributed by atoms with Crippen LogP contribution < -0.4 is 15.0 Å². The van der Waals surface area contributed by atoms with Crippen LogP contribution in [0.15, 0.2) is 42.6 Å². The van der Waals surface area contributed by atoms with Crippen molar-refractivity contribution in [2.75, 3.05) is 63.8 Å². The Hall–Kier alpha value is -3.70. The van der Waals surface area contributed by atoms with E-state index in [-0.39, 0.29) is 23.8 Å². The number of aromatic nitrogens is 2. The SMILES string of the molecule is COCCN1CCN(c2ccc(Nc3ncc(C(F)(F)F)c(CCc4cccc5c4C(C)(C)C(=O)C5)n3)c(OC)c2)CC1. The minimum absolute atomic E-state index is 0.0409. The highest BCUT2D eigenvalue weighted by Crippen LogP contribution is 2.39. The van der Waals surface area contributed by atoms with E-state index in [0.29, 0.717) is 30.9 Å². The molecule has 1 aromatic heterocycles. The zero-order valence-electron chi connectivity index (χ0n) is 25.1. The molecule has 0 spiro atoms. The lowest BCUT2D eigenvalue weighted by Gasteiger charge is -2.36. The number of methoxy groups -OCH3 is 2. The van der Waals surface area contributed by atoms with Gasteiger partial charge >= 0.3 is 6.18 Å². The molecule has 0 bridgehead atoms. The van der Waals surface area contributed by atoms with Crippen LogP contribution in [-0.4, -0.2) is 74.2 Å². The van der Waals surface area contributed by atoms with Crippen LogP contribution in [0.3, 0.4) is 0 Å². The minimum atomic E-state index is -4.60. The van der Waals surface area contributed by atoms with Crippen molar-refractivity contribution in [3.05, 3.63) is 70.5 Å². The number of Topliss-reactive ketones (excluding diaryl/α,β-unsaturated/α-hetero) is 1. The monoisotopic (exact) mass is 597 g/mol. The lowest BCUT2D eigenvalue weighted by molar-refractivity contribution is -0.138. The molecular formula is C32H38F3N5O3. The van der Waals surface area contributed by atoms with Gasteiger partial charge < -0.3 is 19.7 Å². The number of halogens is 3. The van der Waals surface area contributed by atoms with Gasteiger partial charge in [-0.2, -0.15) is 13.2 Å². The van der Waals surface area contributed by atoms with Crippen molar-refractivity contribution in [2.24, 2.45) is 0 Å². The third kappa shape index (κ3) is 6.62. The number of fused-ring (bicyclic) bond motifs is 1. The number of benzene rings is 2. The first-order chi connectivity index (χ1) is 20.5. The van der Waals surface area contributed by atoms with Crippen molar-refractivity contribution in [2.45, 2.75) is 44.7 Å². The van der Waals surface area contributed by atoms with Crippen LogP contribution in [-0.2, 0) is 40.4 Å². The third-order valence-corrected chi connectivity index (χ3v) is 8.50. The molecule has 43 heavy (non-hydrogen) atoms. The lowest BCUT2D eigenvalue weighted by Crippen LogP contribution is -2.47. The fraction of sp³-hybridized carbons (Fsp3) is 0.469. The van der Waals surface area contributed by atoms with Crippen LogP contribution >= 0.6 is 0 Å². The van der Waals surface area contributed by atoms with E-state index in [1.165, 1.54) is 0 Å². The largest absolute Gasteiger partial charge is 0.494 e. The molecule has 0 saturated carbocycles. The van der Waals surface area contributed by atoms with Gasteiger partial charge in [-0.3, -0.25) is 9.69 Å². The van der Waals surface area contributed by atoms with Crippen LogP contribution in [0.5, 0.6) is 5.75 Å². The highest BCUT2D eigenvalue weighted by molar-refractivity contribution is 5.96. The molecule has 2 aromatic carbocycles. The molecule has 0 atom stereocenters. The lowest BCUT2D eigenvalue weighted by atomic mass is 9.81. The Labute approximate surface area is 250 Å². The second kappa shape index (κ2) is 12.5. The van der Waals surface area contributed by atoms with Gasteiger partial charge in [-0.15, -0.1) is 0 Å². The Bertz CT molecular complexity index is 1470. The summed E-state index contributed by atoms with van der Waals surface area (Å²) in [6.07, 6.45) is -3.07. The number of ketones is 1. The van der Waals surface area contributed by atoms with Crippen molar-refractivity contribution >= 4 is 23.1 Å². The van der Waals surface area contributed by atoms with Crippen molar-refractivity contribution in [3.8, 4) is 5.75 Å². The van der Waals surface area contributed by atoms with Crippen molar-refractivity contribution in [1.29, 1.82) is 0 Å². The first kappa shape index (κ1) is 30.7. The maximum absolute atomic E-state index is 14.0. The maximum Gasteiger partial charge on any atom is 0.419 e. The van der Waals surface area contributed by atoms with Gasteiger partial charge in [-0.1, -0.05) is 18.2 Å². The van der Waals surface area contributed by atoms with E-state index >= 15 is 0 Å². The molecule has 1 aliphatic heterocycles. The Balaban J connectivity index is 1.34. The van der Waals surface area contributed by atoms with Crippen LogP contribution in [0, 0.1) is 0 Å². The second-order valence-electron chi connectivity index (χ2n) is 11.6. The summed E-state index contributed by atoms with van der Waals surface area (Å²) in [6.45, 7) is 8.93. The summed E-state index contributed by atoms with van der Waals surface area (Å²) >= 11 is 0. The van der Waals surface area contributed by atoms with Gasteiger partial charge in [0, 0.05) is 69.6 Å². The number of piperazine rings is 1. The van der Waals surface area contributed by atoms with Crippen molar-refractivity contribution in [3.63, 3.8) is 0 Å². The van der Waals surface area contributed by atoms with Gasteiger partial charge in [0.15, 0.2) is 0 Å². The highest BCUT2D eigenvalue weighted by Gasteiger charge is 2.40. The molecule has 2 aliphatic rings. The zero-order valence-corrected chi connectivity index (χ0v) is 25.1. The molecule has 8 nitrogen and oxygen atoms in total. The average Bonchev–Trinajstić information content (AvgIpc) is 3.22. The van der Waals surface area contributed by atoms with Gasteiger partial charge in [-0.05, 0) is 55.5 Å². The standard InChI is InChI=1S/C32H38F3N5O3/c1-31(2)28(41)18-22-7-5-6-21(29(22)31)8-10-25-24(32(33,34)35)20-36-30(37-25)38-26-11-9-23(19-27(26)43-4)40-14-12-39(13-15-40)16-17-42-3/h5-7,9,11,19-20H,8,10,12-18H2,1-4H3,(H,36,37,38). The van der Waals surface area contributed by atoms with E-state index < -0.39 is 17.2 Å². The first-order valence-electron chi connectivity index (χ1n) is 14.5. The summed E-state index contributed by atoms with van der Waals surface area (Å²) in [5, 5.41) is 3.06. The number of hydrogen-bond acceptors (Lipinski definition) is 8. The summed E-state index contributed by atoms with van der Waals surface area (Å²) in [7, 11) is 3.26. The summed E-state index contributed by atoms with van der Waals surface area (Å²) in [5.74, 6) is 0.703. The fourth-order valence-electron chi connectivity index (χ4n) is 6.05.